The standard InChI is InChI=1S/C7H14BN/c1-2-7-4-3-5-9(7)6-8/h7H,2-6H2,1H3. The summed E-state index contributed by atoms with van der Waals surface area (Å²) in [5.41, 5.74) is 0. The lowest BCUT2D eigenvalue weighted by Gasteiger charge is -2.20. The fourth-order valence-electron chi connectivity index (χ4n) is 1.60. The molecule has 1 nitrogen and oxygen atoms in total. The summed E-state index contributed by atoms with van der Waals surface area (Å²) in [4.78, 5) is 2.36. The first-order valence-corrected chi connectivity index (χ1v) is 3.82. The first-order chi connectivity index (χ1) is 4.38. The molecule has 0 N–H and O–H groups in total. The van der Waals surface area contributed by atoms with Crippen LogP contribution in [-0.2, 0) is 0 Å². The Morgan fingerprint density at radius 3 is 2.89 bits per heavy atom. The van der Waals surface area contributed by atoms with E-state index in [0.29, 0.717) is 0 Å². The van der Waals surface area contributed by atoms with Gasteiger partial charge in [-0.15, -0.1) is 0 Å². The van der Waals surface area contributed by atoms with Crippen molar-refractivity contribution in [2.45, 2.75) is 32.2 Å². The molecular weight excluding hydrogens is 109 g/mol. The van der Waals surface area contributed by atoms with Gasteiger partial charge in [0, 0.05) is 6.04 Å². The first kappa shape index (κ1) is 7.14. The van der Waals surface area contributed by atoms with Crippen molar-refractivity contribution in [1.29, 1.82) is 0 Å². The predicted octanol–water partition coefficient (Wildman–Crippen LogP) is 0.987. The highest BCUT2D eigenvalue weighted by Crippen LogP contribution is 2.17. The van der Waals surface area contributed by atoms with Crippen molar-refractivity contribution in [2.75, 3.05) is 13.0 Å². The zero-order valence-electron chi connectivity index (χ0n) is 6.14. The highest BCUT2D eigenvalue weighted by Gasteiger charge is 2.19. The van der Waals surface area contributed by atoms with Crippen LogP contribution >= 0.6 is 0 Å². The van der Waals surface area contributed by atoms with E-state index >= 15 is 0 Å². The predicted molar refractivity (Wildman–Crippen MR) is 40.6 cm³/mol. The molecule has 0 bridgehead atoms. The monoisotopic (exact) mass is 123 g/mol. The topological polar surface area (TPSA) is 3.24 Å². The molecule has 0 aromatic rings. The molecule has 0 spiro atoms. The highest BCUT2D eigenvalue weighted by molar-refractivity contribution is 6.08. The second-order valence-corrected chi connectivity index (χ2v) is 2.70. The minimum atomic E-state index is 0.749. The summed E-state index contributed by atoms with van der Waals surface area (Å²) in [6, 6.07) is 0.787. The Bertz CT molecular complexity index is 75.0. The number of nitrogens with zero attached hydrogens (tertiary/aromatic N) is 1. The van der Waals surface area contributed by atoms with E-state index in [9.17, 15) is 0 Å². The Labute approximate surface area is 58.8 Å². The van der Waals surface area contributed by atoms with Gasteiger partial charge < -0.3 is 4.90 Å². The van der Waals surface area contributed by atoms with Crippen LogP contribution in [0.4, 0.5) is 0 Å². The highest BCUT2D eigenvalue weighted by atomic mass is 15.2. The van der Waals surface area contributed by atoms with E-state index in [0.717, 1.165) is 12.5 Å². The molecule has 0 aromatic heterocycles. The molecule has 0 aromatic carbocycles. The summed E-state index contributed by atoms with van der Waals surface area (Å²) in [7, 11) is 5.53. The van der Waals surface area contributed by atoms with Gasteiger partial charge in [0.15, 0.2) is 0 Å². The van der Waals surface area contributed by atoms with Gasteiger partial charge in [-0.05, 0) is 32.3 Å². The molecular formula is C7H14BN. The number of likely N-dealkylation sites (tertiary alicyclic amines) is 1. The van der Waals surface area contributed by atoms with Crippen molar-refractivity contribution < 1.29 is 0 Å². The van der Waals surface area contributed by atoms with Crippen LogP contribution in [0, 0.1) is 0 Å². The normalized spacial score (nSPS) is 29.2. The zero-order chi connectivity index (χ0) is 6.69. The molecule has 1 rings (SSSR count). The summed E-state index contributed by atoms with van der Waals surface area (Å²) in [6.45, 7) is 3.45. The second-order valence-electron chi connectivity index (χ2n) is 2.70. The number of hydrogen-bond acceptors (Lipinski definition) is 1. The minimum Gasteiger partial charge on any atom is -0.309 e. The molecule has 1 aliphatic heterocycles. The molecule has 2 radical (unpaired) electrons. The molecule has 0 amide bonds. The van der Waals surface area contributed by atoms with Crippen LogP contribution < -0.4 is 0 Å². The van der Waals surface area contributed by atoms with Gasteiger partial charge in [0.25, 0.3) is 0 Å². The van der Waals surface area contributed by atoms with Crippen LogP contribution in [0.3, 0.4) is 0 Å². The van der Waals surface area contributed by atoms with Gasteiger partial charge >= 0.3 is 0 Å². The quantitative estimate of drug-likeness (QED) is 0.495. The third-order valence-electron chi connectivity index (χ3n) is 2.20. The van der Waals surface area contributed by atoms with E-state index in [1.54, 1.807) is 0 Å². The van der Waals surface area contributed by atoms with Gasteiger partial charge in [0.2, 0.25) is 0 Å². The molecule has 0 aliphatic carbocycles. The molecule has 0 saturated carbocycles. The first-order valence-electron chi connectivity index (χ1n) is 3.82. The number of rotatable bonds is 2. The lowest BCUT2D eigenvalue weighted by molar-refractivity contribution is 0.288. The molecule has 9 heavy (non-hydrogen) atoms. The number of hydrogen-bond donors (Lipinski definition) is 0. The third-order valence-corrected chi connectivity index (χ3v) is 2.20. The van der Waals surface area contributed by atoms with Gasteiger partial charge in [-0.1, -0.05) is 6.92 Å². The molecule has 2 heteroatoms. The lowest BCUT2D eigenvalue weighted by atomic mass is 10.1. The van der Waals surface area contributed by atoms with E-state index in [1.807, 2.05) is 0 Å². The Balaban J connectivity index is 2.32. The Morgan fingerprint density at radius 2 is 2.44 bits per heavy atom. The summed E-state index contributed by atoms with van der Waals surface area (Å²) < 4.78 is 0. The van der Waals surface area contributed by atoms with Crippen LogP contribution in [0.5, 0.6) is 0 Å². The second kappa shape index (κ2) is 3.26. The van der Waals surface area contributed by atoms with E-state index in [-0.39, 0.29) is 0 Å². The van der Waals surface area contributed by atoms with Gasteiger partial charge in [-0.25, -0.2) is 0 Å². The van der Waals surface area contributed by atoms with E-state index < -0.39 is 0 Å². The van der Waals surface area contributed by atoms with E-state index in [1.165, 1.54) is 25.8 Å². The summed E-state index contributed by atoms with van der Waals surface area (Å²) in [5, 5.41) is 0. The Morgan fingerprint density at radius 1 is 1.67 bits per heavy atom. The van der Waals surface area contributed by atoms with Gasteiger partial charge in [0.1, 0.15) is 0 Å². The Hall–Kier alpha value is 0.0249. The largest absolute Gasteiger partial charge is 0.309 e. The molecule has 1 aliphatic rings. The lowest BCUT2D eigenvalue weighted by Crippen LogP contribution is -2.29. The van der Waals surface area contributed by atoms with Crippen molar-refractivity contribution in [3.63, 3.8) is 0 Å². The zero-order valence-corrected chi connectivity index (χ0v) is 6.14. The summed E-state index contributed by atoms with van der Waals surface area (Å²) in [5.74, 6) is 0. The molecule has 1 saturated heterocycles. The van der Waals surface area contributed by atoms with Crippen LogP contribution in [0.25, 0.3) is 0 Å². The maximum absolute atomic E-state index is 5.53. The fourth-order valence-corrected chi connectivity index (χ4v) is 1.60. The van der Waals surface area contributed by atoms with Gasteiger partial charge in [0.05, 0.1) is 7.85 Å². The van der Waals surface area contributed by atoms with Crippen LogP contribution in [0.1, 0.15) is 26.2 Å². The van der Waals surface area contributed by atoms with Crippen molar-refractivity contribution in [3.8, 4) is 0 Å². The van der Waals surface area contributed by atoms with Crippen LogP contribution in [0.2, 0.25) is 0 Å². The Kier molecular flexibility index (Phi) is 2.58. The van der Waals surface area contributed by atoms with E-state index in [4.69, 9.17) is 7.85 Å². The van der Waals surface area contributed by atoms with Crippen molar-refractivity contribution >= 4 is 7.85 Å². The molecule has 1 heterocycles. The van der Waals surface area contributed by atoms with Crippen molar-refractivity contribution in [3.05, 3.63) is 0 Å². The van der Waals surface area contributed by atoms with Crippen LogP contribution in [0.15, 0.2) is 0 Å². The maximum Gasteiger partial charge on any atom is 0.0863 e. The van der Waals surface area contributed by atoms with Crippen molar-refractivity contribution in [2.24, 2.45) is 0 Å². The fraction of sp³-hybridized carbons (Fsp3) is 1.00. The summed E-state index contributed by atoms with van der Waals surface area (Å²) >= 11 is 0. The smallest absolute Gasteiger partial charge is 0.0863 e. The van der Waals surface area contributed by atoms with Gasteiger partial charge in [-0.3, -0.25) is 0 Å². The van der Waals surface area contributed by atoms with Crippen molar-refractivity contribution in [1.82, 2.24) is 4.90 Å². The van der Waals surface area contributed by atoms with Gasteiger partial charge in [-0.2, -0.15) is 0 Å². The molecule has 1 atom stereocenters. The maximum atomic E-state index is 5.53. The molecule has 50 valence electrons. The minimum absolute atomic E-state index is 0.749. The molecule has 1 fully saturated rings. The third kappa shape index (κ3) is 1.48. The molecule has 1 unspecified atom stereocenters. The SMILES string of the molecule is [B]CN1CCCC1CC. The van der Waals surface area contributed by atoms with E-state index in [2.05, 4.69) is 11.8 Å². The average molecular weight is 123 g/mol. The average Bonchev–Trinajstić information content (AvgIpc) is 2.33. The van der Waals surface area contributed by atoms with Crippen LogP contribution in [-0.4, -0.2) is 31.8 Å². The summed E-state index contributed by atoms with van der Waals surface area (Å²) in [6.07, 6.45) is 4.71.